The Labute approximate surface area is 164 Å². The number of ether oxygens (including phenoxy) is 1. The number of hydrogen-bond acceptors (Lipinski definition) is 4. The average molecular weight is 400 g/mol. The van der Waals surface area contributed by atoms with Crippen molar-refractivity contribution in [1.82, 2.24) is 4.31 Å². The van der Waals surface area contributed by atoms with Crippen LogP contribution in [0, 0.1) is 5.82 Å². The third kappa shape index (κ3) is 3.31. The summed E-state index contributed by atoms with van der Waals surface area (Å²) in [5.41, 5.74) is 0.897. The van der Waals surface area contributed by atoms with Crippen molar-refractivity contribution < 1.29 is 17.5 Å². The number of piperazine rings is 1. The van der Waals surface area contributed by atoms with Gasteiger partial charge in [-0.3, -0.25) is 0 Å². The zero-order valence-electron chi connectivity index (χ0n) is 15.5. The van der Waals surface area contributed by atoms with Crippen molar-refractivity contribution in [3.63, 3.8) is 0 Å². The molecule has 0 aliphatic carbocycles. The van der Waals surface area contributed by atoms with Gasteiger partial charge in [-0.05, 0) is 36.4 Å². The number of benzene rings is 3. The molecule has 1 aliphatic rings. The molecule has 0 spiro atoms. The Hall–Kier alpha value is -2.64. The van der Waals surface area contributed by atoms with E-state index in [1.54, 1.807) is 37.4 Å². The smallest absolute Gasteiger partial charge is 0.243 e. The lowest BCUT2D eigenvalue weighted by Gasteiger charge is -2.35. The maximum Gasteiger partial charge on any atom is 0.243 e. The fourth-order valence-electron chi connectivity index (χ4n) is 3.62. The van der Waals surface area contributed by atoms with Crippen LogP contribution in [0.2, 0.25) is 0 Å². The van der Waals surface area contributed by atoms with Crippen molar-refractivity contribution in [3.8, 4) is 5.75 Å². The van der Waals surface area contributed by atoms with Crippen LogP contribution in [-0.2, 0) is 10.0 Å². The van der Waals surface area contributed by atoms with Crippen LogP contribution in [0.1, 0.15) is 0 Å². The molecule has 146 valence electrons. The topological polar surface area (TPSA) is 49.9 Å². The van der Waals surface area contributed by atoms with Crippen LogP contribution in [0.5, 0.6) is 5.75 Å². The Bertz CT molecular complexity index is 1090. The summed E-state index contributed by atoms with van der Waals surface area (Å²) >= 11 is 0. The maximum absolute atomic E-state index is 13.3. The van der Waals surface area contributed by atoms with E-state index in [1.165, 1.54) is 16.4 Å². The van der Waals surface area contributed by atoms with Crippen LogP contribution in [0.4, 0.5) is 10.1 Å². The highest BCUT2D eigenvalue weighted by Gasteiger charge is 2.30. The Morgan fingerprint density at radius 3 is 2.14 bits per heavy atom. The van der Waals surface area contributed by atoms with E-state index in [9.17, 15) is 12.8 Å². The molecule has 7 heteroatoms. The molecule has 3 aromatic carbocycles. The van der Waals surface area contributed by atoms with E-state index in [1.807, 2.05) is 18.2 Å². The Kier molecular flexibility index (Phi) is 4.95. The Morgan fingerprint density at radius 1 is 0.857 bits per heavy atom. The van der Waals surface area contributed by atoms with Crippen molar-refractivity contribution in [2.24, 2.45) is 0 Å². The minimum absolute atomic E-state index is 0.281. The van der Waals surface area contributed by atoms with E-state index < -0.39 is 10.0 Å². The van der Waals surface area contributed by atoms with E-state index in [2.05, 4.69) is 4.90 Å². The largest absolute Gasteiger partial charge is 0.496 e. The molecule has 0 amide bonds. The zero-order chi connectivity index (χ0) is 19.7. The summed E-state index contributed by atoms with van der Waals surface area (Å²) in [6.07, 6.45) is 0. The lowest BCUT2D eigenvalue weighted by atomic mass is 10.1. The normalized spacial score (nSPS) is 15.7. The first-order valence-corrected chi connectivity index (χ1v) is 10.5. The highest BCUT2D eigenvalue weighted by atomic mass is 32.2. The van der Waals surface area contributed by atoms with Crippen molar-refractivity contribution in [2.75, 3.05) is 38.2 Å². The van der Waals surface area contributed by atoms with Gasteiger partial charge in [-0.15, -0.1) is 0 Å². The number of nitrogens with zero attached hydrogens (tertiary/aromatic N) is 2. The molecule has 0 aromatic heterocycles. The van der Waals surface area contributed by atoms with Gasteiger partial charge in [-0.25, -0.2) is 12.8 Å². The summed E-state index contributed by atoms with van der Waals surface area (Å²) in [5.74, 6) is 0.368. The molecular formula is C21H21FN2O3S. The summed E-state index contributed by atoms with van der Waals surface area (Å²) < 4.78 is 46.6. The molecule has 0 saturated carbocycles. The van der Waals surface area contributed by atoms with Crippen molar-refractivity contribution in [1.29, 1.82) is 0 Å². The molecule has 1 aliphatic heterocycles. The molecule has 0 unspecified atom stereocenters. The highest BCUT2D eigenvalue weighted by Crippen LogP contribution is 2.32. The second-order valence-electron chi connectivity index (χ2n) is 6.68. The predicted molar refractivity (Wildman–Crippen MR) is 108 cm³/mol. The van der Waals surface area contributed by atoms with E-state index in [0.717, 1.165) is 11.1 Å². The average Bonchev–Trinajstić information content (AvgIpc) is 2.73. The highest BCUT2D eigenvalue weighted by molar-refractivity contribution is 7.89. The fourth-order valence-corrected chi connectivity index (χ4v) is 5.24. The number of rotatable bonds is 4. The van der Waals surface area contributed by atoms with E-state index in [4.69, 9.17) is 4.74 Å². The van der Waals surface area contributed by atoms with Crippen LogP contribution >= 0.6 is 0 Å². The summed E-state index contributed by atoms with van der Waals surface area (Å²) in [6.45, 7) is 1.86. The van der Waals surface area contributed by atoms with Crippen molar-refractivity contribution >= 4 is 26.5 Å². The van der Waals surface area contributed by atoms with Crippen LogP contribution in [0.25, 0.3) is 10.8 Å². The minimum atomic E-state index is -3.63. The number of methoxy groups -OCH3 is 1. The fraction of sp³-hybridized carbons (Fsp3) is 0.238. The van der Waals surface area contributed by atoms with Gasteiger partial charge in [-0.2, -0.15) is 4.31 Å². The summed E-state index contributed by atoms with van der Waals surface area (Å²) in [5, 5.41) is 1.43. The summed E-state index contributed by atoms with van der Waals surface area (Å²) in [7, 11) is -2.06. The first-order valence-electron chi connectivity index (χ1n) is 9.07. The van der Waals surface area contributed by atoms with E-state index in [-0.39, 0.29) is 5.82 Å². The first kappa shape index (κ1) is 18.7. The van der Waals surface area contributed by atoms with Crippen LogP contribution in [0.15, 0.2) is 65.6 Å². The second kappa shape index (κ2) is 7.41. The van der Waals surface area contributed by atoms with Gasteiger partial charge in [-0.1, -0.05) is 24.3 Å². The Morgan fingerprint density at radius 2 is 1.50 bits per heavy atom. The first-order chi connectivity index (χ1) is 13.5. The third-order valence-electron chi connectivity index (χ3n) is 5.11. The molecule has 0 atom stereocenters. The van der Waals surface area contributed by atoms with Gasteiger partial charge in [0.2, 0.25) is 10.0 Å². The molecule has 3 aromatic rings. The molecule has 1 fully saturated rings. The van der Waals surface area contributed by atoms with Crippen molar-refractivity contribution in [2.45, 2.75) is 4.90 Å². The standard InChI is InChI=1S/C21H21FN2O3S/c1-27-20-10-11-21(19-5-3-2-4-18(19)20)28(25,26)24-14-12-23(13-15-24)17-8-6-16(22)7-9-17/h2-11H,12-15H2,1H3. The number of hydrogen-bond donors (Lipinski definition) is 0. The molecule has 0 N–H and O–H groups in total. The molecule has 5 nitrogen and oxygen atoms in total. The van der Waals surface area contributed by atoms with E-state index >= 15 is 0 Å². The minimum Gasteiger partial charge on any atom is -0.496 e. The summed E-state index contributed by atoms with van der Waals surface area (Å²) in [4.78, 5) is 2.36. The third-order valence-corrected chi connectivity index (χ3v) is 7.07. The number of halogens is 1. The van der Waals surface area contributed by atoms with Crippen LogP contribution < -0.4 is 9.64 Å². The molecule has 1 heterocycles. The van der Waals surface area contributed by atoms with Gasteiger partial charge in [0.25, 0.3) is 0 Å². The molecular weight excluding hydrogens is 379 g/mol. The predicted octanol–water partition coefficient (Wildman–Crippen LogP) is 3.50. The summed E-state index contributed by atoms with van der Waals surface area (Å²) in [6, 6.07) is 16.9. The Balaban J connectivity index is 1.60. The van der Waals surface area contributed by atoms with Gasteiger partial charge >= 0.3 is 0 Å². The van der Waals surface area contributed by atoms with Gasteiger partial charge < -0.3 is 9.64 Å². The molecule has 0 bridgehead atoms. The number of sulfonamides is 1. The zero-order valence-corrected chi connectivity index (χ0v) is 16.3. The lowest BCUT2D eigenvalue weighted by molar-refractivity contribution is 0.385. The van der Waals surface area contributed by atoms with Crippen molar-refractivity contribution in [3.05, 3.63) is 66.5 Å². The van der Waals surface area contributed by atoms with Gasteiger partial charge in [0.1, 0.15) is 11.6 Å². The monoisotopic (exact) mass is 400 g/mol. The lowest BCUT2D eigenvalue weighted by Crippen LogP contribution is -2.48. The number of fused-ring (bicyclic) bond motifs is 1. The maximum atomic E-state index is 13.3. The van der Waals surface area contributed by atoms with E-state index in [0.29, 0.717) is 42.2 Å². The van der Waals surface area contributed by atoms with Gasteiger partial charge in [0.15, 0.2) is 0 Å². The van der Waals surface area contributed by atoms with Gasteiger partial charge in [0, 0.05) is 42.6 Å². The molecule has 28 heavy (non-hydrogen) atoms. The number of anilines is 1. The second-order valence-corrected chi connectivity index (χ2v) is 8.59. The SMILES string of the molecule is COc1ccc(S(=O)(=O)N2CCN(c3ccc(F)cc3)CC2)c2ccccc12. The van der Waals surface area contributed by atoms with Gasteiger partial charge in [0.05, 0.1) is 12.0 Å². The quantitative estimate of drug-likeness (QED) is 0.673. The molecule has 0 radical (unpaired) electrons. The molecule has 4 rings (SSSR count). The molecule has 1 saturated heterocycles. The van der Waals surface area contributed by atoms with Crippen LogP contribution in [0.3, 0.4) is 0 Å². The van der Waals surface area contributed by atoms with Crippen LogP contribution in [-0.4, -0.2) is 46.0 Å².